The van der Waals surface area contributed by atoms with Gasteiger partial charge in [0.05, 0.1) is 17.1 Å². The number of aromatic nitrogens is 1. The summed E-state index contributed by atoms with van der Waals surface area (Å²) < 4.78 is 5.56. The maximum atomic E-state index is 12.7. The van der Waals surface area contributed by atoms with Crippen molar-refractivity contribution in [1.29, 1.82) is 0 Å². The normalized spacial score (nSPS) is 11.0. The molecule has 0 saturated carbocycles. The average Bonchev–Trinajstić information content (AvgIpc) is 2.80. The molecule has 1 amide bonds. The molecular weight excluding hydrogens is 288 g/mol. The largest absolute Gasteiger partial charge is 0.464 e. The minimum absolute atomic E-state index is 0.0280. The Balaban J connectivity index is 2.27. The first-order valence-electron chi connectivity index (χ1n) is 6.87. The second kappa shape index (κ2) is 6.31. The molecule has 0 N–H and O–H groups in total. The quantitative estimate of drug-likeness (QED) is 0.858. The van der Waals surface area contributed by atoms with Crippen molar-refractivity contribution in [3.05, 3.63) is 52.2 Å². The third-order valence-electron chi connectivity index (χ3n) is 3.23. The molecule has 2 heterocycles. The zero-order valence-corrected chi connectivity index (χ0v) is 13.4. The Kier molecular flexibility index (Phi) is 4.68. The van der Waals surface area contributed by atoms with E-state index in [0.717, 1.165) is 17.2 Å². The molecular formula is C16H19ClN2O2. The summed E-state index contributed by atoms with van der Waals surface area (Å²) in [6.07, 6.45) is 1.53. The summed E-state index contributed by atoms with van der Waals surface area (Å²) in [4.78, 5) is 18.6. The van der Waals surface area contributed by atoms with Crippen molar-refractivity contribution in [3.63, 3.8) is 0 Å². The van der Waals surface area contributed by atoms with Gasteiger partial charge in [-0.15, -0.1) is 0 Å². The standard InChI is InChI=1S/C16H19ClN2O2/c1-10(2)19(9-13-6-5-12(4)21-13)16(20)14-8-18-11(3)7-15(14)17/h5-8,10H,9H2,1-4H3. The number of halogens is 1. The van der Waals surface area contributed by atoms with Gasteiger partial charge in [0.15, 0.2) is 0 Å². The summed E-state index contributed by atoms with van der Waals surface area (Å²) in [6.45, 7) is 8.05. The first-order chi connectivity index (χ1) is 9.88. The lowest BCUT2D eigenvalue weighted by atomic mass is 10.2. The minimum Gasteiger partial charge on any atom is -0.464 e. The van der Waals surface area contributed by atoms with E-state index in [1.807, 2.05) is 39.8 Å². The molecule has 2 rings (SSSR count). The average molecular weight is 307 g/mol. The lowest BCUT2D eigenvalue weighted by Gasteiger charge is -2.26. The third-order valence-corrected chi connectivity index (χ3v) is 3.54. The number of rotatable bonds is 4. The van der Waals surface area contributed by atoms with Gasteiger partial charge in [0.1, 0.15) is 11.5 Å². The maximum Gasteiger partial charge on any atom is 0.257 e. The SMILES string of the molecule is Cc1cc(Cl)c(C(=O)N(Cc2ccc(C)o2)C(C)C)cn1. The van der Waals surface area contributed by atoms with E-state index in [1.165, 1.54) is 6.20 Å². The first-order valence-corrected chi connectivity index (χ1v) is 7.24. The fourth-order valence-corrected chi connectivity index (χ4v) is 2.35. The van der Waals surface area contributed by atoms with Crippen LogP contribution in [0.5, 0.6) is 0 Å². The van der Waals surface area contributed by atoms with Crippen LogP contribution in [-0.2, 0) is 6.54 Å². The Morgan fingerprint density at radius 2 is 2.10 bits per heavy atom. The summed E-state index contributed by atoms with van der Waals surface area (Å²) in [7, 11) is 0. The fraction of sp³-hybridized carbons (Fsp3) is 0.375. The zero-order valence-electron chi connectivity index (χ0n) is 12.7. The van der Waals surface area contributed by atoms with Crippen LogP contribution in [0.2, 0.25) is 5.02 Å². The van der Waals surface area contributed by atoms with Gasteiger partial charge < -0.3 is 9.32 Å². The predicted octanol–water partition coefficient (Wildman–Crippen LogP) is 4.00. The maximum absolute atomic E-state index is 12.7. The van der Waals surface area contributed by atoms with E-state index in [0.29, 0.717) is 17.1 Å². The summed E-state index contributed by atoms with van der Waals surface area (Å²) in [5.74, 6) is 1.44. The number of hydrogen-bond donors (Lipinski definition) is 0. The molecule has 0 atom stereocenters. The van der Waals surface area contributed by atoms with Gasteiger partial charge in [-0.05, 0) is 45.9 Å². The number of nitrogens with zero attached hydrogens (tertiary/aromatic N) is 2. The van der Waals surface area contributed by atoms with Gasteiger partial charge in [-0.2, -0.15) is 0 Å². The molecule has 0 fully saturated rings. The highest BCUT2D eigenvalue weighted by Crippen LogP contribution is 2.21. The van der Waals surface area contributed by atoms with Gasteiger partial charge in [-0.3, -0.25) is 9.78 Å². The van der Waals surface area contributed by atoms with Crippen LogP contribution in [0.1, 0.15) is 41.4 Å². The second-order valence-electron chi connectivity index (χ2n) is 5.34. The monoisotopic (exact) mass is 306 g/mol. The Morgan fingerprint density at radius 3 is 2.62 bits per heavy atom. The van der Waals surface area contributed by atoms with Crippen LogP contribution in [0.4, 0.5) is 0 Å². The van der Waals surface area contributed by atoms with Crippen LogP contribution in [0, 0.1) is 13.8 Å². The van der Waals surface area contributed by atoms with Gasteiger partial charge in [-0.25, -0.2) is 0 Å². The van der Waals surface area contributed by atoms with Crippen LogP contribution in [0.15, 0.2) is 28.8 Å². The highest BCUT2D eigenvalue weighted by Gasteiger charge is 2.22. The van der Waals surface area contributed by atoms with Gasteiger partial charge >= 0.3 is 0 Å². The molecule has 0 bridgehead atoms. The molecule has 0 aromatic carbocycles. The summed E-state index contributed by atoms with van der Waals surface area (Å²) in [5.41, 5.74) is 1.20. The topological polar surface area (TPSA) is 46.3 Å². The van der Waals surface area contributed by atoms with Crippen molar-refractivity contribution in [3.8, 4) is 0 Å². The van der Waals surface area contributed by atoms with Crippen molar-refractivity contribution in [2.45, 2.75) is 40.3 Å². The molecule has 0 aliphatic heterocycles. The minimum atomic E-state index is -0.142. The fourth-order valence-electron chi connectivity index (χ4n) is 2.07. The van der Waals surface area contributed by atoms with E-state index in [9.17, 15) is 4.79 Å². The molecule has 2 aromatic heterocycles. The van der Waals surface area contributed by atoms with Gasteiger partial charge in [0.2, 0.25) is 0 Å². The van der Waals surface area contributed by atoms with Crippen LogP contribution in [0.25, 0.3) is 0 Å². The highest BCUT2D eigenvalue weighted by molar-refractivity contribution is 6.33. The van der Waals surface area contributed by atoms with E-state index in [4.69, 9.17) is 16.0 Å². The lowest BCUT2D eigenvalue weighted by Crippen LogP contribution is -2.36. The van der Waals surface area contributed by atoms with E-state index >= 15 is 0 Å². The Labute approximate surface area is 129 Å². The molecule has 0 radical (unpaired) electrons. The number of amides is 1. The van der Waals surface area contributed by atoms with E-state index < -0.39 is 0 Å². The van der Waals surface area contributed by atoms with Crippen LogP contribution in [0.3, 0.4) is 0 Å². The molecule has 0 saturated heterocycles. The van der Waals surface area contributed by atoms with E-state index in [-0.39, 0.29) is 11.9 Å². The number of carbonyl (C=O) groups excluding carboxylic acids is 1. The van der Waals surface area contributed by atoms with Crippen molar-refractivity contribution in [2.24, 2.45) is 0 Å². The summed E-state index contributed by atoms with van der Waals surface area (Å²) in [5, 5.41) is 0.425. The molecule has 112 valence electrons. The molecule has 5 heteroatoms. The smallest absolute Gasteiger partial charge is 0.257 e. The number of hydrogen-bond acceptors (Lipinski definition) is 3. The van der Waals surface area contributed by atoms with Gasteiger partial charge in [0, 0.05) is 17.9 Å². The molecule has 0 unspecified atom stereocenters. The number of furan rings is 1. The lowest BCUT2D eigenvalue weighted by molar-refractivity contribution is 0.0675. The Bertz CT molecular complexity index is 649. The van der Waals surface area contributed by atoms with E-state index in [1.54, 1.807) is 11.0 Å². The number of carbonyl (C=O) groups is 1. The first kappa shape index (κ1) is 15.6. The van der Waals surface area contributed by atoms with Crippen molar-refractivity contribution in [1.82, 2.24) is 9.88 Å². The van der Waals surface area contributed by atoms with Crippen LogP contribution in [-0.4, -0.2) is 21.8 Å². The van der Waals surface area contributed by atoms with Crippen molar-refractivity contribution >= 4 is 17.5 Å². The third kappa shape index (κ3) is 3.64. The zero-order chi connectivity index (χ0) is 15.6. The second-order valence-corrected chi connectivity index (χ2v) is 5.75. The molecule has 2 aromatic rings. The number of pyridine rings is 1. The van der Waals surface area contributed by atoms with Crippen molar-refractivity contribution < 1.29 is 9.21 Å². The Hall–Kier alpha value is -1.81. The van der Waals surface area contributed by atoms with Crippen molar-refractivity contribution in [2.75, 3.05) is 0 Å². The molecule has 0 spiro atoms. The summed E-state index contributed by atoms with van der Waals surface area (Å²) in [6, 6.07) is 5.50. The number of aryl methyl sites for hydroxylation is 2. The predicted molar refractivity (Wildman–Crippen MR) is 82.4 cm³/mol. The highest BCUT2D eigenvalue weighted by atomic mass is 35.5. The Morgan fingerprint density at radius 1 is 1.38 bits per heavy atom. The molecule has 21 heavy (non-hydrogen) atoms. The molecule has 0 aliphatic rings. The van der Waals surface area contributed by atoms with Crippen LogP contribution < -0.4 is 0 Å². The van der Waals surface area contributed by atoms with E-state index in [2.05, 4.69) is 4.98 Å². The molecule has 0 aliphatic carbocycles. The van der Waals surface area contributed by atoms with Gasteiger partial charge in [0.25, 0.3) is 5.91 Å². The van der Waals surface area contributed by atoms with Crippen LogP contribution >= 0.6 is 11.6 Å². The van der Waals surface area contributed by atoms with Gasteiger partial charge in [-0.1, -0.05) is 11.6 Å². The summed E-state index contributed by atoms with van der Waals surface area (Å²) >= 11 is 6.17. The molecule has 4 nitrogen and oxygen atoms in total.